The average Bonchev–Trinajstić information content (AvgIpc) is 2.66. The molecule has 0 fully saturated rings. The van der Waals surface area contributed by atoms with E-state index in [2.05, 4.69) is 32.2 Å². The molecular weight excluding hydrogens is 362 g/mol. The van der Waals surface area contributed by atoms with Crippen molar-refractivity contribution in [3.05, 3.63) is 70.3 Å². The number of carbonyl (C=O) groups is 1. The normalized spacial score (nSPS) is 22.0. The van der Waals surface area contributed by atoms with Crippen LogP contribution in [0.3, 0.4) is 0 Å². The first kappa shape index (κ1) is 19.6. The van der Waals surface area contributed by atoms with Gasteiger partial charge >= 0.3 is 0 Å². The average molecular weight is 392 g/mol. The minimum Gasteiger partial charge on any atom is -0.507 e. The van der Waals surface area contributed by atoms with E-state index in [1.165, 1.54) is 5.57 Å². The van der Waals surface area contributed by atoms with Crippen LogP contribution in [0.15, 0.2) is 48.0 Å². The van der Waals surface area contributed by atoms with E-state index in [9.17, 15) is 9.90 Å². The molecule has 0 saturated heterocycles. The van der Waals surface area contributed by atoms with E-state index in [0.717, 1.165) is 29.5 Å². The monoisotopic (exact) mass is 391 g/mol. The van der Waals surface area contributed by atoms with E-state index in [1.807, 2.05) is 43.3 Å². The number of benzene rings is 2. The number of ether oxygens (including phenoxy) is 1. The summed E-state index contributed by atoms with van der Waals surface area (Å²) in [5.74, 6) is 0.819. The predicted molar refractivity (Wildman–Crippen MR) is 114 cm³/mol. The lowest BCUT2D eigenvalue weighted by Crippen LogP contribution is -2.45. The molecule has 2 atom stereocenters. The second kappa shape index (κ2) is 7.25. The van der Waals surface area contributed by atoms with Gasteiger partial charge in [-0.25, -0.2) is 0 Å². The fourth-order valence-corrected chi connectivity index (χ4v) is 4.84. The van der Waals surface area contributed by atoms with Crippen molar-refractivity contribution in [2.24, 2.45) is 5.92 Å². The molecular formula is C25H29NO3. The molecule has 4 rings (SSSR count). The summed E-state index contributed by atoms with van der Waals surface area (Å²) in [5, 5.41) is 14.2. The Kier molecular flexibility index (Phi) is 4.89. The highest BCUT2D eigenvalue weighted by atomic mass is 16.5. The molecule has 29 heavy (non-hydrogen) atoms. The topological polar surface area (TPSA) is 58.6 Å². The highest BCUT2D eigenvalue weighted by Gasteiger charge is 2.46. The number of phenols is 1. The Morgan fingerprint density at radius 2 is 1.97 bits per heavy atom. The molecule has 0 saturated carbocycles. The largest absolute Gasteiger partial charge is 0.507 e. The van der Waals surface area contributed by atoms with Gasteiger partial charge in [0.25, 0.3) is 5.91 Å². The first-order valence-electron chi connectivity index (χ1n) is 10.3. The number of hydrogen-bond donors (Lipinski definition) is 2. The lowest BCUT2D eigenvalue weighted by Gasteiger charge is -2.46. The van der Waals surface area contributed by atoms with E-state index in [-0.39, 0.29) is 29.1 Å². The number of amides is 1. The third-order valence-corrected chi connectivity index (χ3v) is 6.37. The molecule has 152 valence electrons. The van der Waals surface area contributed by atoms with Gasteiger partial charge in [-0.3, -0.25) is 4.79 Å². The zero-order valence-corrected chi connectivity index (χ0v) is 17.6. The molecule has 2 aromatic carbocycles. The van der Waals surface area contributed by atoms with Crippen molar-refractivity contribution in [1.82, 2.24) is 5.32 Å². The maximum Gasteiger partial charge on any atom is 0.255 e. The summed E-state index contributed by atoms with van der Waals surface area (Å²) >= 11 is 0. The second-order valence-electron chi connectivity index (χ2n) is 8.89. The third kappa shape index (κ3) is 3.52. The zero-order valence-electron chi connectivity index (χ0n) is 17.6. The van der Waals surface area contributed by atoms with E-state index in [0.29, 0.717) is 17.9 Å². The summed E-state index contributed by atoms with van der Waals surface area (Å²) in [6.45, 7) is 8.65. The van der Waals surface area contributed by atoms with Crippen LogP contribution in [0.2, 0.25) is 0 Å². The Morgan fingerprint density at radius 1 is 1.24 bits per heavy atom. The molecule has 1 aliphatic carbocycles. The van der Waals surface area contributed by atoms with Gasteiger partial charge in [-0.15, -0.1) is 0 Å². The quantitative estimate of drug-likeness (QED) is 0.703. The van der Waals surface area contributed by atoms with E-state index >= 15 is 0 Å². The van der Waals surface area contributed by atoms with Crippen molar-refractivity contribution in [3.8, 4) is 11.5 Å². The van der Waals surface area contributed by atoms with Crippen LogP contribution in [-0.2, 0) is 6.54 Å². The SMILES string of the molecule is CC1=CC2c3c(cc(C)c(C(=O)NCc4ccccc4)c3O)OC(C)(C)C2CC1. The van der Waals surface area contributed by atoms with Crippen molar-refractivity contribution in [2.45, 2.75) is 58.6 Å². The number of carbonyl (C=O) groups excluding carboxylic acids is 1. The van der Waals surface area contributed by atoms with Crippen LogP contribution in [-0.4, -0.2) is 16.6 Å². The Hall–Kier alpha value is -2.75. The molecule has 1 heterocycles. The van der Waals surface area contributed by atoms with Crippen LogP contribution < -0.4 is 10.1 Å². The van der Waals surface area contributed by atoms with Crippen LogP contribution in [0, 0.1) is 12.8 Å². The van der Waals surface area contributed by atoms with Gasteiger partial charge in [-0.2, -0.15) is 0 Å². The van der Waals surface area contributed by atoms with Crippen LogP contribution in [0.5, 0.6) is 11.5 Å². The van der Waals surface area contributed by atoms with Gasteiger partial charge in [0, 0.05) is 23.9 Å². The van der Waals surface area contributed by atoms with Gasteiger partial charge in [-0.1, -0.05) is 42.0 Å². The second-order valence-corrected chi connectivity index (χ2v) is 8.89. The van der Waals surface area contributed by atoms with Crippen molar-refractivity contribution in [1.29, 1.82) is 0 Å². The zero-order chi connectivity index (χ0) is 20.8. The standard InChI is InChI=1S/C25H29NO3/c1-15-10-11-19-18(12-15)22-20(29-25(19,3)4)13-16(2)21(23(22)27)24(28)26-14-17-8-6-5-7-9-17/h5-9,12-13,18-19,27H,10-11,14H2,1-4H3,(H,26,28). The van der Waals surface area contributed by atoms with Crippen LogP contribution in [0.25, 0.3) is 0 Å². The maximum atomic E-state index is 13.0. The minimum atomic E-state index is -0.315. The van der Waals surface area contributed by atoms with E-state index < -0.39 is 0 Å². The summed E-state index contributed by atoms with van der Waals surface area (Å²) in [5.41, 5.74) is 3.85. The number of nitrogens with one attached hydrogen (secondary N) is 1. The Balaban J connectivity index is 1.72. The third-order valence-electron chi connectivity index (χ3n) is 6.37. The highest BCUT2D eigenvalue weighted by molar-refractivity contribution is 5.99. The lowest BCUT2D eigenvalue weighted by atomic mass is 9.67. The number of rotatable bonds is 3. The van der Waals surface area contributed by atoms with Gasteiger partial charge in [0.2, 0.25) is 0 Å². The van der Waals surface area contributed by atoms with Crippen LogP contribution >= 0.6 is 0 Å². The Morgan fingerprint density at radius 3 is 2.69 bits per heavy atom. The minimum absolute atomic E-state index is 0.0574. The number of aromatic hydroxyl groups is 1. The number of aryl methyl sites for hydroxylation is 1. The van der Waals surface area contributed by atoms with Gasteiger partial charge in [0.05, 0.1) is 5.56 Å². The Labute approximate surface area is 172 Å². The van der Waals surface area contributed by atoms with Crippen molar-refractivity contribution in [3.63, 3.8) is 0 Å². The summed E-state index contributed by atoms with van der Waals surface area (Å²) in [6.07, 6.45) is 4.31. The van der Waals surface area contributed by atoms with Gasteiger partial charge < -0.3 is 15.2 Å². The summed E-state index contributed by atoms with van der Waals surface area (Å²) in [6, 6.07) is 11.7. The molecule has 4 heteroatoms. The predicted octanol–water partition coefficient (Wildman–Crippen LogP) is 5.24. The van der Waals surface area contributed by atoms with E-state index in [1.54, 1.807) is 0 Å². The molecule has 0 aromatic heterocycles. The molecule has 2 N–H and O–H groups in total. The van der Waals surface area contributed by atoms with Crippen molar-refractivity contribution in [2.75, 3.05) is 0 Å². The number of phenolic OH excluding ortho intramolecular Hbond substituents is 1. The summed E-state index contributed by atoms with van der Waals surface area (Å²) in [7, 11) is 0. The maximum absolute atomic E-state index is 13.0. The number of hydrogen-bond acceptors (Lipinski definition) is 3. The number of fused-ring (bicyclic) bond motifs is 3. The molecule has 2 aliphatic rings. The summed E-state index contributed by atoms with van der Waals surface area (Å²) in [4.78, 5) is 13.0. The van der Waals surface area contributed by atoms with Crippen molar-refractivity contribution >= 4 is 5.91 Å². The van der Waals surface area contributed by atoms with E-state index in [4.69, 9.17) is 4.74 Å². The first-order chi connectivity index (χ1) is 13.8. The molecule has 0 bridgehead atoms. The molecule has 1 amide bonds. The molecule has 2 unspecified atom stereocenters. The Bertz CT molecular complexity index is 975. The fourth-order valence-electron chi connectivity index (χ4n) is 4.84. The molecule has 2 aromatic rings. The molecule has 0 radical (unpaired) electrons. The van der Waals surface area contributed by atoms with Crippen LogP contribution in [0.4, 0.5) is 0 Å². The smallest absolute Gasteiger partial charge is 0.255 e. The van der Waals surface area contributed by atoms with Gasteiger partial charge in [0.1, 0.15) is 17.1 Å². The van der Waals surface area contributed by atoms with Gasteiger partial charge in [0.15, 0.2) is 0 Å². The molecule has 4 nitrogen and oxygen atoms in total. The number of allylic oxidation sites excluding steroid dienone is 2. The van der Waals surface area contributed by atoms with Gasteiger partial charge in [-0.05, 0) is 57.7 Å². The van der Waals surface area contributed by atoms with Crippen molar-refractivity contribution < 1.29 is 14.6 Å². The fraction of sp³-hybridized carbons (Fsp3) is 0.400. The highest BCUT2D eigenvalue weighted by Crippen LogP contribution is 2.54. The van der Waals surface area contributed by atoms with Crippen LogP contribution in [0.1, 0.15) is 66.6 Å². The summed E-state index contributed by atoms with van der Waals surface area (Å²) < 4.78 is 6.33. The first-order valence-corrected chi connectivity index (χ1v) is 10.3. The molecule has 0 spiro atoms. The lowest BCUT2D eigenvalue weighted by molar-refractivity contribution is 0.0107. The molecule has 1 aliphatic heterocycles.